The third kappa shape index (κ3) is 4.30. The summed E-state index contributed by atoms with van der Waals surface area (Å²) in [6.07, 6.45) is 4.16. The Morgan fingerprint density at radius 1 is 0.944 bits per heavy atom. The van der Waals surface area contributed by atoms with E-state index in [0.717, 1.165) is 10.8 Å². The van der Waals surface area contributed by atoms with Gasteiger partial charge in [-0.05, 0) is 16.3 Å². The number of fused-ring (bicyclic) bond motifs is 1. The monoisotopic (exact) mass is 266 g/mol. The van der Waals surface area contributed by atoms with Gasteiger partial charge in [0.25, 0.3) is 5.25 Å². The van der Waals surface area contributed by atoms with E-state index < -0.39 is 5.25 Å². The van der Waals surface area contributed by atoms with E-state index in [0.29, 0.717) is 5.56 Å². The van der Waals surface area contributed by atoms with Crippen LogP contribution in [0.5, 0.6) is 0 Å². The topological polar surface area (TPSA) is 0 Å². The van der Waals surface area contributed by atoms with E-state index in [1.807, 2.05) is 30.3 Å². The second kappa shape index (κ2) is 5.70. The second-order valence-electron chi connectivity index (χ2n) is 4.54. The van der Waals surface area contributed by atoms with E-state index in [-0.39, 0.29) is 6.42 Å². The summed E-state index contributed by atoms with van der Waals surface area (Å²) in [6.45, 7) is 0. The normalized spacial score (nSPS) is 13.9. The standard InChI is InChI=1S/C12H10F2S.C3H6/c13-12(14,15)8-10-6-3-5-9-4-1-2-7-11(9)10;1-2-3-1/h1-7,15H,8H2;1-3H2. The molecule has 0 aromatic heterocycles. The van der Waals surface area contributed by atoms with E-state index in [9.17, 15) is 8.78 Å². The van der Waals surface area contributed by atoms with Crippen molar-refractivity contribution in [1.82, 2.24) is 0 Å². The Morgan fingerprint density at radius 2 is 1.56 bits per heavy atom. The molecule has 3 rings (SSSR count). The molecule has 96 valence electrons. The van der Waals surface area contributed by atoms with E-state index in [1.54, 1.807) is 12.1 Å². The number of thiol groups is 1. The smallest absolute Gasteiger partial charge is 0.194 e. The molecule has 3 heteroatoms. The number of hydrogen-bond acceptors (Lipinski definition) is 1. The molecule has 2 aromatic carbocycles. The van der Waals surface area contributed by atoms with Gasteiger partial charge in [0.15, 0.2) is 0 Å². The van der Waals surface area contributed by atoms with Crippen molar-refractivity contribution in [2.75, 3.05) is 0 Å². The fraction of sp³-hybridized carbons (Fsp3) is 0.333. The first-order valence-electron chi connectivity index (χ1n) is 6.13. The van der Waals surface area contributed by atoms with Crippen LogP contribution in [0.4, 0.5) is 8.78 Å². The van der Waals surface area contributed by atoms with Crippen LogP contribution >= 0.6 is 12.6 Å². The first kappa shape index (κ1) is 13.3. The highest BCUT2D eigenvalue weighted by Gasteiger charge is 2.23. The maximum atomic E-state index is 12.8. The van der Waals surface area contributed by atoms with Crippen molar-refractivity contribution in [2.45, 2.75) is 30.9 Å². The Labute approximate surface area is 111 Å². The summed E-state index contributed by atoms with van der Waals surface area (Å²) in [6, 6.07) is 12.9. The van der Waals surface area contributed by atoms with Crippen LogP contribution in [0.2, 0.25) is 0 Å². The Morgan fingerprint density at radius 3 is 2.17 bits per heavy atom. The molecule has 0 N–H and O–H groups in total. The summed E-state index contributed by atoms with van der Waals surface area (Å²) in [4.78, 5) is 0. The van der Waals surface area contributed by atoms with Crippen LogP contribution < -0.4 is 0 Å². The second-order valence-corrected chi connectivity index (χ2v) is 5.20. The van der Waals surface area contributed by atoms with Gasteiger partial charge in [-0.3, -0.25) is 0 Å². The zero-order valence-corrected chi connectivity index (χ0v) is 11.0. The molecule has 0 aliphatic heterocycles. The zero-order chi connectivity index (χ0) is 13.0. The molecule has 0 atom stereocenters. The number of rotatable bonds is 2. The summed E-state index contributed by atoms with van der Waals surface area (Å²) in [5, 5.41) is -1.11. The molecule has 2 aromatic rings. The van der Waals surface area contributed by atoms with Crippen molar-refractivity contribution in [1.29, 1.82) is 0 Å². The van der Waals surface area contributed by atoms with Gasteiger partial charge in [0, 0.05) is 6.42 Å². The van der Waals surface area contributed by atoms with Gasteiger partial charge in [0.1, 0.15) is 0 Å². The summed E-state index contributed by atoms with van der Waals surface area (Å²) in [7, 11) is 0. The Balaban J connectivity index is 0.000000350. The molecule has 0 spiro atoms. The minimum Gasteiger partial charge on any atom is -0.194 e. The largest absolute Gasteiger partial charge is 0.295 e. The molecule has 0 unspecified atom stereocenters. The van der Waals surface area contributed by atoms with Gasteiger partial charge in [-0.25, -0.2) is 0 Å². The minimum absolute atomic E-state index is 0.336. The first-order chi connectivity index (χ1) is 8.56. The van der Waals surface area contributed by atoms with Crippen molar-refractivity contribution >= 4 is 23.4 Å². The lowest BCUT2D eigenvalue weighted by atomic mass is 10.0. The van der Waals surface area contributed by atoms with Gasteiger partial charge in [-0.1, -0.05) is 61.7 Å². The summed E-state index contributed by atoms with van der Waals surface area (Å²) < 4.78 is 25.6. The first-order valence-corrected chi connectivity index (χ1v) is 6.58. The third-order valence-corrected chi connectivity index (χ3v) is 2.79. The zero-order valence-electron chi connectivity index (χ0n) is 10.1. The lowest BCUT2D eigenvalue weighted by Gasteiger charge is -2.11. The molecule has 0 amide bonds. The minimum atomic E-state index is -2.95. The highest BCUT2D eigenvalue weighted by Crippen LogP contribution is 2.28. The quantitative estimate of drug-likeness (QED) is 0.720. The lowest BCUT2D eigenvalue weighted by Crippen LogP contribution is -2.10. The molecule has 1 aliphatic carbocycles. The molecule has 1 fully saturated rings. The molecule has 1 aliphatic rings. The van der Waals surface area contributed by atoms with Crippen molar-refractivity contribution < 1.29 is 8.78 Å². The number of benzene rings is 2. The van der Waals surface area contributed by atoms with Crippen molar-refractivity contribution in [2.24, 2.45) is 0 Å². The molecule has 1 saturated carbocycles. The van der Waals surface area contributed by atoms with Gasteiger partial charge in [0.05, 0.1) is 0 Å². The average molecular weight is 266 g/mol. The van der Waals surface area contributed by atoms with Crippen LogP contribution in [-0.4, -0.2) is 5.25 Å². The third-order valence-electron chi connectivity index (χ3n) is 2.64. The predicted octanol–water partition coefficient (Wildman–Crippen LogP) is 5.08. The van der Waals surface area contributed by atoms with Gasteiger partial charge in [-0.2, -0.15) is 8.78 Å². The Bertz CT molecular complexity index is 507. The van der Waals surface area contributed by atoms with Gasteiger partial charge in [-0.15, -0.1) is 12.6 Å². The molecule has 0 saturated heterocycles. The SMILES string of the molecule is C1CC1.FC(F)(S)Cc1cccc2ccccc12. The average Bonchev–Trinajstić information content (AvgIpc) is 3.15. The molecule has 0 radical (unpaired) electrons. The van der Waals surface area contributed by atoms with Crippen LogP contribution in [-0.2, 0) is 6.42 Å². The van der Waals surface area contributed by atoms with E-state index >= 15 is 0 Å². The fourth-order valence-electron chi connectivity index (χ4n) is 1.68. The van der Waals surface area contributed by atoms with Crippen LogP contribution in [0.25, 0.3) is 10.8 Å². The van der Waals surface area contributed by atoms with Gasteiger partial charge >= 0.3 is 0 Å². The summed E-state index contributed by atoms with van der Waals surface area (Å²) >= 11 is 3.26. The molecule has 0 bridgehead atoms. The van der Waals surface area contributed by atoms with Gasteiger partial charge in [0.2, 0.25) is 0 Å². The van der Waals surface area contributed by atoms with Crippen LogP contribution in [0, 0.1) is 0 Å². The van der Waals surface area contributed by atoms with E-state index in [4.69, 9.17) is 0 Å². The maximum Gasteiger partial charge on any atom is 0.295 e. The maximum absolute atomic E-state index is 12.8. The molecular formula is C15H16F2S. The number of halogens is 2. The number of hydrogen-bond donors (Lipinski definition) is 1. The lowest BCUT2D eigenvalue weighted by molar-refractivity contribution is 0.110. The van der Waals surface area contributed by atoms with Crippen molar-refractivity contribution in [3.05, 3.63) is 48.0 Å². The molecular weight excluding hydrogens is 250 g/mol. The Hall–Kier alpha value is -1.09. The fourth-order valence-corrected chi connectivity index (χ4v) is 1.85. The highest BCUT2D eigenvalue weighted by molar-refractivity contribution is 7.81. The van der Waals surface area contributed by atoms with Crippen LogP contribution in [0.15, 0.2) is 42.5 Å². The van der Waals surface area contributed by atoms with E-state index in [2.05, 4.69) is 12.6 Å². The van der Waals surface area contributed by atoms with Crippen LogP contribution in [0.1, 0.15) is 24.8 Å². The predicted molar refractivity (Wildman–Crippen MR) is 75.4 cm³/mol. The van der Waals surface area contributed by atoms with Crippen molar-refractivity contribution in [3.8, 4) is 0 Å². The van der Waals surface area contributed by atoms with Crippen LogP contribution in [0.3, 0.4) is 0 Å². The van der Waals surface area contributed by atoms with Gasteiger partial charge < -0.3 is 0 Å². The summed E-state index contributed by atoms with van der Waals surface area (Å²) in [5.74, 6) is 0. The van der Waals surface area contributed by atoms with Crippen molar-refractivity contribution in [3.63, 3.8) is 0 Å². The molecule has 0 nitrogen and oxygen atoms in total. The van der Waals surface area contributed by atoms with E-state index in [1.165, 1.54) is 19.3 Å². The summed E-state index contributed by atoms with van der Waals surface area (Å²) in [5.41, 5.74) is 0.633. The molecule has 18 heavy (non-hydrogen) atoms. The molecule has 0 heterocycles. The Kier molecular flexibility index (Phi) is 4.23. The highest BCUT2D eigenvalue weighted by atomic mass is 32.1. The number of alkyl halides is 2.